The number of carboxylic acid groups (broad SMARTS) is 1. The maximum Gasteiger partial charge on any atom is 0.323 e. The third kappa shape index (κ3) is 2.77. The van der Waals surface area contributed by atoms with Gasteiger partial charge in [0.15, 0.2) is 11.5 Å². The van der Waals surface area contributed by atoms with Crippen molar-refractivity contribution in [1.82, 2.24) is 4.90 Å². The van der Waals surface area contributed by atoms with Crippen molar-refractivity contribution >= 4 is 11.9 Å². The summed E-state index contributed by atoms with van der Waals surface area (Å²) in [4.78, 5) is 23.9. The summed E-state index contributed by atoms with van der Waals surface area (Å²) < 4.78 is 10.3. The molecule has 6 nitrogen and oxygen atoms in total. The van der Waals surface area contributed by atoms with E-state index in [1.807, 2.05) is 0 Å². The lowest BCUT2D eigenvalue weighted by atomic mass is 10.1. The number of ether oxygens (including phenoxy) is 2. The average molecular weight is 261 g/mol. The van der Waals surface area contributed by atoms with Gasteiger partial charge in [0.1, 0.15) is 6.54 Å². The molecular weight excluding hydrogens is 250 g/mol. The zero-order valence-electron chi connectivity index (χ0n) is 9.96. The molecule has 1 amide bonds. The third-order valence-corrected chi connectivity index (χ3v) is 2.52. The van der Waals surface area contributed by atoms with E-state index in [9.17, 15) is 9.59 Å². The van der Waals surface area contributed by atoms with E-state index >= 15 is 0 Å². The first-order chi connectivity index (χ1) is 9.11. The molecule has 98 valence electrons. The lowest BCUT2D eigenvalue weighted by molar-refractivity contribution is -0.137. The van der Waals surface area contributed by atoms with E-state index in [4.69, 9.17) is 21.0 Å². The number of fused-ring (bicyclic) bond motifs is 1. The summed E-state index contributed by atoms with van der Waals surface area (Å²) in [6.45, 7) is -0.410. The van der Waals surface area contributed by atoms with Crippen molar-refractivity contribution in [2.45, 2.75) is 0 Å². The number of hydrogen-bond donors (Lipinski definition) is 1. The van der Waals surface area contributed by atoms with Gasteiger partial charge in [0.2, 0.25) is 6.79 Å². The minimum absolute atomic E-state index is 0.0699. The van der Waals surface area contributed by atoms with E-state index < -0.39 is 18.4 Å². The van der Waals surface area contributed by atoms with E-state index in [0.717, 1.165) is 4.90 Å². The van der Waals surface area contributed by atoms with Crippen molar-refractivity contribution in [2.75, 3.05) is 19.9 Å². The Bertz CT molecular complexity index is 561. The molecule has 1 aliphatic heterocycles. The van der Waals surface area contributed by atoms with Gasteiger partial charge in [0.25, 0.3) is 5.91 Å². The fourth-order valence-electron chi connectivity index (χ4n) is 1.69. The van der Waals surface area contributed by atoms with Crippen LogP contribution in [-0.2, 0) is 4.79 Å². The summed E-state index contributed by atoms with van der Waals surface area (Å²) in [5, 5.41) is 8.75. The van der Waals surface area contributed by atoms with Gasteiger partial charge in [-0.25, -0.2) is 0 Å². The Labute approximate surface area is 109 Å². The first-order valence-electron chi connectivity index (χ1n) is 5.46. The number of nitrogens with zero attached hydrogens (tertiary/aromatic N) is 1. The lowest BCUT2D eigenvalue weighted by Gasteiger charge is -2.17. The van der Waals surface area contributed by atoms with Crippen LogP contribution in [0.4, 0.5) is 0 Å². The van der Waals surface area contributed by atoms with Crippen molar-refractivity contribution in [3.63, 3.8) is 0 Å². The van der Waals surface area contributed by atoms with Crippen LogP contribution in [0.2, 0.25) is 0 Å². The number of aliphatic carboxylic acids is 1. The van der Waals surface area contributed by atoms with Crippen LogP contribution in [0.25, 0.3) is 0 Å². The Morgan fingerprint density at radius 1 is 1.37 bits per heavy atom. The lowest BCUT2D eigenvalue weighted by Crippen LogP contribution is -2.35. The van der Waals surface area contributed by atoms with E-state index in [1.165, 1.54) is 6.07 Å². The molecule has 6 heteroatoms. The predicted molar refractivity (Wildman–Crippen MR) is 64.9 cm³/mol. The highest BCUT2D eigenvalue weighted by molar-refractivity contribution is 5.96. The Morgan fingerprint density at radius 2 is 2.11 bits per heavy atom. The van der Waals surface area contributed by atoms with Gasteiger partial charge in [0.05, 0.1) is 6.54 Å². The number of carboxylic acids is 1. The van der Waals surface area contributed by atoms with Crippen molar-refractivity contribution in [3.8, 4) is 23.8 Å². The summed E-state index contributed by atoms with van der Waals surface area (Å²) >= 11 is 0. The molecule has 0 radical (unpaired) electrons. The number of amides is 1. The monoisotopic (exact) mass is 261 g/mol. The first-order valence-corrected chi connectivity index (χ1v) is 5.46. The second kappa shape index (κ2) is 5.31. The highest BCUT2D eigenvalue weighted by Crippen LogP contribution is 2.32. The summed E-state index contributed by atoms with van der Waals surface area (Å²) in [7, 11) is 0. The number of benzene rings is 1. The predicted octanol–water partition coefficient (Wildman–Crippen LogP) is 0.575. The molecule has 1 aromatic rings. The molecule has 0 bridgehead atoms. The quantitative estimate of drug-likeness (QED) is 0.802. The van der Waals surface area contributed by atoms with Crippen LogP contribution in [0.15, 0.2) is 18.2 Å². The molecule has 1 N–H and O–H groups in total. The van der Waals surface area contributed by atoms with Crippen LogP contribution in [0.1, 0.15) is 10.4 Å². The third-order valence-electron chi connectivity index (χ3n) is 2.52. The minimum atomic E-state index is -1.12. The summed E-state index contributed by atoms with van der Waals surface area (Å²) in [6, 6.07) is 4.65. The van der Waals surface area contributed by atoms with Crippen LogP contribution < -0.4 is 9.47 Å². The van der Waals surface area contributed by atoms with Crippen LogP contribution in [0.5, 0.6) is 11.5 Å². The number of carbonyl (C=O) groups excluding carboxylic acids is 1. The maximum absolute atomic E-state index is 12.1. The largest absolute Gasteiger partial charge is 0.480 e. The molecule has 0 fully saturated rings. The van der Waals surface area contributed by atoms with Gasteiger partial charge < -0.3 is 19.5 Å². The maximum atomic E-state index is 12.1. The van der Waals surface area contributed by atoms with Crippen molar-refractivity contribution < 1.29 is 24.2 Å². The molecule has 1 heterocycles. The van der Waals surface area contributed by atoms with Crippen LogP contribution in [-0.4, -0.2) is 41.8 Å². The van der Waals surface area contributed by atoms with Gasteiger partial charge in [-0.2, -0.15) is 0 Å². The molecular formula is C13H11NO5. The van der Waals surface area contributed by atoms with Crippen molar-refractivity contribution in [1.29, 1.82) is 0 Å². The zero-order chi connectivity index (χ0) is 13.8. The fraction of sp³-hybridized carbons (Fsp3) is 0.231. The van der Waals surface area contributed by atoms with Crippen LogP contribution in [0.3, 0.4) is 0 Å². The number of rotatable bonds is 4. The Morgan fingerprint density at radius 3 is 2.79 bits per heavy atom. The van der Waals surface area contributed by atoms with E-state index in [2.05, 4.69) is 5.92 Å². The standard InChI is InChI=1S/C13H11NO5/c1-2-5-14(7-12(15)16)13(17)9-3-4-10-11(6-9)19-8-18-10/h1,3-4,6H,5,7-8H2,(H,15,16). The molecule has 2 rings (SSSR count). The van der Waals surface area contributed by atoms with E-state index in [0.29, 0.717) is 17.1 Å². The number of carbonyl (C=O) groups is 2. The SMILES string of the molecule is C#CCN(CC(=O)O)C(=O)c1ccc2c(c1)OCO2. The summed E-state index contributed by atoms with van der Waals surface area (Å²) in [6.07, 6.45) is 5.13. The second-order valence-electron chi connectivity index (χ2n) is 3.83. The molecule has 0 saturated heterocycles. The smallest absolute Gasteiger partial charge is 0.323 e. The molecule has 1 aromatic carbocycles. The minimum Gasteiger partial charge on any atom is -0.480 e. The topological polar surface area (TPSA) is 76.1 Å². The molecule has 0 atom stereocenters. The van der Waals surface area contributed by atoms with Crippen molar-refractivity contribution in [2.24, 2.45) is 0 Å². The zero-order valence-corrected chi connectivity index (χ0v) is 9.96. The molecule has 19 heavy (non-hydrogen) atoms. The van der Waals surface area contributed by atoms with Crippen LogP contribution >= 0.6 is 0 Å². The van der Waals surface area contributed by atoms with Crippen LogP contribution in [0, 0.1) is 12.3 Å². The summed E-state index contributed by atoms with van der Waals surface area (Å²) in [5.74, 6) is 1.70. The van der Waals surface area contributed by atoms with Crippen molar-refractivity contribution in [3.05, 3.63) is 23.8 Å². The Balaban J connectivity index is 2.21. The number of hydrogen-bond acceptors (Lipinski definition) is 4. The van der Waals surface area contributed by atoms with Gasteiger partial charge in [-0.1, -0.05) is 5.92 Å². The molecule has 0 saturated carbocycles. The van der Waals surface area contributed by atoms with E-state index in [-0.39, 0.29) is 13.3 Å². The molecule has 0 unspecified atom stereocenters. The van der Waals surface area contributed by atoms with Gasteiger partial charge in [-0.05, 0) is 18.2 Å². The molecule has 1 aliphatic rings. The van der Waals surface area contributed by atoms with Gasteiger partial charge in [-0.3, -0.25) is 9.59 Å². The average Bonchev–Trinajstić information content (AvgIpc) is 2.84. The second-order valence-corrected chi connectivity index (χ2v) is 3.83. The van der Waals surface area contributed by atoms with Gasteiger partial charge in [-0.15, -0.1) is 6.42 Å². The molecule has 0 aliphatic carbocycles. The van der Waals surface area contributed by atoms with E-state index in [1.54, 1.807) is 12.1 Å². The van der Waals surface area contributed by atoms with Gasteiger partial charge >= 0.3 is 5.97 Å². The normalized spacial score (nSPS) is 11.7. The molecule has 0 spiro atoms. The fourth-order valence-corrected chi connectivity index (χ4v) is 1.69. The highest BCUT2D eigenvalue weighted by atomic mass is 16.7. The summed E-state index contributed by atoms with van der Waals surface area (Å²) in [5.41, 5.74) is 0.306. The number of terminal acetylenes is 1. The Hall–Kier alpha value is -2.68. The first kappa shape index (κ1) is 12.8. The van der Waals surface area contributed by atoms with Gasteiger partial charge in [0, 0.05) is 5.56 Å². The Kier molecular flexibility index (Phi) is 3.57. The molecule has 0 aromatic heterocycles. The highest BCUT2D eigenvalue weighted by Gasteiger charge is 2.21.